The molecule has 35 heavy (non-hydrogen) atoms. The van der Waals surface area contributed by atoms with Crippen molar-refractivity contribution in [2.75, 3.05) is 5.32 Å². The number of hydrogen-bond acceptors (Lipinski definition) is 3. The lowest BCUT2D eigenvalue weighted by Crippen LogP contribution is -2.40. The molecule has 4 nitrogen and oxygen atoms in total. The van der Waals surface area contributed by atoms with Crippen molar-refractivity contribution in [3.63, 3.8) is 0 Å². The summed E-state index contributed by atoms with van der Waals surface area (Å²) >= 11 is 12.3. The van der Waals surface area contributed by atoms with Gasteiger partial charge in [-0.3, -0.25) is 9.59 Å². The SMILES string of the molecule is Cc1c(CC(C)C(=O)OC(C)(C)C)ccc(Cl)c1NC(=O)[C@H](C1C=CC(Cl)=CC1)[C@@H](C)C(F)(F)F. The summed E-state index contributed by atoms with van der Waals surface area (Å²) in [6, 6.07) is 3.30. The van der Waals surface area contributed by atoms with Gasteiger partial charge in [0.2, 0.25) is 5.91 Å². The Hall–Kier alpha value is -1.99. The Labute approximate surface area is 214 Å². The molecule has 1 aromatic rings. The molecule has 0 fully saturated rings. The van der Waals surface area contributed by atoms with Crippen LogP contribution in [-0.4, -0.2) is 23.7 Å². The van der Waals surface area contributed by atoms with Gasteiger partial charge in [0, 0.05) is 5.03 Å². The van der Waals surface area contributed by atoms with Gasteiger partial charge in [-0.15, -0.1) is 0 Å². The highest BCUT2D eigenvalue weighted by Gasteiger charge is 2.47. The van der Waals surface area contributed by atoms with Crippen molar-refractivity contribution >= 4 is 40.8 Å². The lowest BCUT2D eigenvalue weighted by atomic mass is 9.78. The van der Waals surface area contributed by atoms with Crippen molar-refractivity contribution in [1.82, 2.24) is 0 Å². The van der Waals surface area contributed by atoms with Crippen molar-refractivity contribution in [2.24, 2.45) is 23.7 Å². The van der Waals surface area contributed by atoms with Gasteiger partial charge in [-0.25, -0.2) is 0 Å². The molecule has 9 heteroatoms. The minimum Gasteiger partial charge on any atom is -0.460 e. The second-order valence-electron chi connectivity index (χ2n) is 10.0. The van der Waals surface area contributed by atoms with Gasteiger partial charge in [-0.05, 0) is 69.7 Å². The molecule has 1 aliphatic carbocycles. The number of hydrogen-bond donors (Lipinski definition) is 1. The number of allylic oxidation sites excluding steroid dienone is 4. The van der Waals surface area contributed by atoms with Crippen molar-refractivity contribution in [2.45, 2.75) is 66.2 Å². The van der Waals surface area contributed by atoms with Crippen LogP contribution < -0.4 is 5.32 Å². The number of halogens is 5. The molecule has 1 amide bonds. The first-order valence-electron chi connectivity index (χ1n) is 11.4. The molecule has 2 unspecified atom stereocenters. The van der Waals surface area contributed by atoms with Gasteiger partial charge < -0.3 is 10.1 Å². The minimum atomic E-state index is -4.57. The first-order valence-corrected chi connectivity index (χ1v) is 12.2. The zero-order valence-electron chi connectivity index (χ0n) is 20.7. The Morgan fingerprint density at radius 3 is 2.31 bits per heavy atom. The molecule has 0 heterocycles. The third-order valence-corrected chi connectivity index (χ3v) is 6.61. The number of ether oxygens (including phenoxy) is 1. The van der Waals surface area contributed by atoms with Crippen LogP contribution in [0.4, 0.5) is 18.9 Å². The number of amides is 1. The summed E-state index contributed by atoms with van der Waals surface area (Å²) in [6.45, 7) is 9.79. The molecule has 194 valence electrons. The molecule has 1 aliphatic rings. The quantitative estimate of drug-likeness (QED) is 0.366. The maximum absolute atomic E-state index is 13.7. The van der Waals surface area contributed by atoms with Crippen molar-refractivity contribution in [3.05, 3.63) is 51.5 Å². The summed E-state index contributed by atoms with van der Waals surface area (Å²) in [5.74, 6) is -5.57. The van der Waals surface area contributed by atoms with Gasteiger partial charge >= 0.3 is 12.1 Å². The molecule has 0 spiro atoms. The van der Waals surface area contributed by atoms with Crippen LogP contribution in [0.5, 0.6) is 0 Å². The number of esters is 1. The average molecular weight is 534 g/mol. The molecule has 1 N–H and O–H groups in total. The molecule has 1 aromatic carbocycles. The first kappa shape index (κ1) is 29.2. The molecule has 0 bridgehead atoms. The summed E-state index contributed by atoms with van der Waals surface area (Å²) in [5, 5.41) is 3.27. The summed E-state index contributed by atoms with van der Waals surface area (Å²) in [4.78, 5) is 25.7. The molecular formula is C26H32Cl2F3NO3. The van der Waals surface area contributed by atoms with Crippen molar-refractivity contribution < 1.29 is 27.5 Å². The zero-order valence-corrected chi connectivity index (χ0v) is 22.2. The van der Waals surface area contributed by atoms with Crippen LogP contribution in [0, 0.1) is 30.6 Å². The van der Waals surface area contributed by atoms with E-state index in [0.29, 0.717) is 17.0 Å². The van der Waals surface area contributed by atoms with Gasteiger partial charge in [0.1, 0.15) is 5.60 Å². The van der Waals surface area contributed by atoms with E-state index in [1.165, 1.54) is 6.08 Å². The Bertz CT molecular complexity index is 1010. The van der Waals surface area contributed by atoms with Crippen LogP contribution in [0.2, 0.25) is 5.02 Å². The fourth-order valence-electron chi connectivity index (χ4n) is 3.99. The standard InChI is InChI=1S/C26H32Cl2F3NO3/c1-14(24(34)35-25(4,5)6)13-18-9-12-20(28)22(15(18)2)32-23(33)21(16(3)26(29,30)31)17-7-10-19(27)11-8-17/h7,9-12,14,16-17,21H,8,13H2,1-6H3,(H,32,33)/t14?,16-,17?,21+/m1/s1. The van der Waals surface area contributed by atoms with E-state index in [9.17, 15) is 22.8 Å². The van der Waals surface area contributed by atoms with Crippen LogP contribution in [0.25, 0.3) is 0 Å². The first-order chi connectivity index (χ1) is 16.0. The minimum absolute atomic E-state index is 0.199. The summed E-state index contributed by atoms with van der Waals surface area (Å²) in [5.41, 5.74) is 0.923. The molecule has 0 aliphatic heterocycles. The molecular weight excluding hydrogens is 502 g/mol. The highest BCUT2D eigenvalue weighted by Crippen LogP contribution is 2.40. The molecule has 0 saturated carbocycles. The van der Waals surface area contributed by atoms with Crippen LogP contribution in [-0.2, 0) is 20.7 Å². The summed E-state index contributed by atoms with van der Waals surface area (Å²) in [7, 11) is 0. The molecule has 0 aromatic heterocycles. The Balaban J connectivity index is 2.32. The molecule has 0 radical (unpaired) electrons. The number of rotatable bonds is 7. The Morgan fingerprint density at radius 2 is 1.80 bits per heavy atom. The van der Waals surface area contributed by atoms with Crippen LogP contribution >= 0.6 is 23.2 Å². The largest absolute Gasteiger partial charge is 0.460 e. The van der Waals surface area contributed by atoms with E-state index in [1.807, 2.05) is 0 Å². The van der Waals surface area contributed by atoms with E-state index < -0.39 is 41.4 Å². The lowest BCUT2D eigenvalue weighted by molar-refractivity contribution is -0.188. The summed E-state index contributed by atoms with van der Waals surface area (Å²) < 4.78 is 46.5. The predicted molar refractivity (Wildman–Crippen MR) is 133 cm³/mol. The van der Waals surface area contributed by atoms with E-state index in [-0.39, 0.29) is 23.1 Å². The Kier molecular flexibility index (Phi) is 9.51. The third-order valence-electron chi connectivity index (χ3n) is 6.02. The number of nitrogens with one attached hydrogen (secondary N) is 1. The maximum Gasteiger partial charge on any atom is 0.392 e. The number of alkyl halides is 3. The van der Waals surface area contributed by atoms with E-state index in [1.54, 1.807) is 58.9 Å². The van der Waals surface area contributed by atoms with Crippen molar-refractivity contribution in [1.29, 1.82) is 0 Å². The van der Waals surface area contributed by atoms with Crippen molar-refractivity contribution in [3.8, 4) is 0 Å². The maximum atomic E-state index is 13.7. The van der Waals surface area contributed by atoms with Gasteiger partial charge in [-0.1, -0.05) is 55.3 Å². The fourth-order valence-corrected chi connectivity index (χ4v) is 4.41. The van der Waals surface area contributed by atoms with Crippen LogP contribution in [0.1, 0.15) is 52.2 Å². The predicted octanol–water partition coefficient (Wildman–Crippen LogP) is 7.62. The van der Waals surface area contributed by atoms with E-state index >= 15 is 0 Å². The highest BCUT2D eigenvalue weighted by molar-refractivity contribution is 6.34. The second-order valence-corrected chi connectivity index (χ2v) is 10.9. The van der Waals surface area contributed by atoms with Crippen LogP contribution in [0.3, 0.4) is 0 Å². The van der Waals surface area contributed by atoms with Crippen LogP contribution in [0.15, 0.2) is 35.4 Å². The lowest BCUT2D eigenvalue weighted by Gasteiger charge is -2.31. The van der Waals surface area contributed by atoms with Gasteiger partial charge in [0.15, 0.2) is 0 Å². The molecule has 4 atom stereocenters. The van der Waals surface area contributed by atoms with Gasteiger partial charge in [0.05, 0.1) is 28.5 Å². The normalized spacial score (nSPS) is 18.9. The third kappa shape index (κ3) is 8.01. The highest BCUT2D eigenvalue weighted by atomic mass is 35.5. The van der Waals surface area contributed by atoms with E-state index in [2.05, 4.69) is 5.32 Å². The Morgan fingerprint density at radius 1 is 1.17 bits per heavy atom. The average Bonchev–Trinajstić information content (AvgIpc) is 2.72. The van der Waals surface area contributed by atoms with E-state index in [4.69, 9.17) is 27.9 Å². The second kappa shape index (κ2) is 11.4. The van der Waals surface area contributed by atoms with Gasteiger partial charge in [0.25, 0.3) is 0 Å². The smallest absolute Gasteiger partial charge is 0.392 e. The zero-order chi connectivity index (χ0) is 26.7. The fraction of sp³-hybridized carbons (Fsp3) is 0.538. The van der Waals surface area contributed by atoms with E-state index in [0.717, 1.165) is 12.5 Å². The number of carbonyl (C=O) groups is 2. The van der Waals surface area contributed by atoms with Gasteiger partial charge in [-0.2, -0.15) is 13.2 Å². The summed E-state index contributed by atoms with van der Waals surface area (Å²) in [6.07, 6.45) is 0.626. The molecule has 2 rings (SSSR count). The number of carbonyl (C=O) groups excluding carboxylic acids is 2. The monoisotopic (exact) mass is 533 g/mol. The number of benzene rings is 1. The topological polar surface area (TPSA) is 55.4 Å². The number of anilines is 1. The molecule has 0 saturated heterocycles.